The first kappa shape index (κ1) is 12.3. The van der Waals surface area contributed by atoms with Crippen molar-refractivity contribution in [3.8, 4) is 0 Å². The van der Waals surface area contributed by atoms with E-state index in [1.165, 1.54) is 6.07 Å². The third-order valence-corrected chi connectivity index (χ3v) is 2.88. The van der Waals surface area contributed by atoms with Crippen LogP contribution >= 0.6 is 0 Å². The molecule has 0 saturated carbocycles. The van der Waals surface area contributed by atoms with Gasteiger partial charge in [0.1, 0.15) is 0 Å². The molecule has 100 valence electrons. The van der Waals surface area contributed by atoms with Crippen LogP contribution in [-0.4, -0.2) is 16.1 Å². The minimum Gasteiger partial charge on any atom is -0.322 e. The van der Waals surface area contributed by atoms with Crippen LogP contribution in [0.25, 0.3) is 10.9 Å². The van der Waals surface area contributed by atoms with Crippen molar-refractivity contribution >= 4 is 22.5 Å². The molecule has 20 heavy (non-hydrogen) atoms. The summed E-state index contributed by atoms with van der Waals surface area (Å²) in [5.74, 6) is -2.55. The van der Waals surface area contributed by atoms with E-state index in [2.05, 4.69) is 15.5 Å². The summed E-state index contributed by atoms with van der Waals surface area (Å²) in [4.78, 5) is 11.9. The Bertz CT molecular complexity index is 798. The number of hydrogen-bond donors (Lipinski definition) is 2. The summed E-state index contributed by atoms with van der Waals surface area (Å²) in [5.41, 5.74) is 1.36. The molecule has 2 N–H and O–H groups in total. The zero-order valence-corrected chi connectivity index (χ0v) is 10.2. The maximum Gasteiger partial charge on any atom is 0.255 e. The van der Waals surface area contributed by atoms with E-state index in [0.717, 1.165) is 23.0 Å². The zero-order chi connectivity index (χ0) is 14.1. The molecule has 0 aliphatic rings. The Kier molecular flexibility index (Phi) is 2.90. The number of halogens is 2. The van der Waals surface area contributed by atoms with Crippen molar-refractivity contribution in [2.24, 2.45) is 0 Å². The van der Waals surface area contributed by atoms with Crippen molar-refractivity contribution in [2.75, 3.05) is 5.32 Å². The Morgan fingerprint density at radius 1 is 1.10 bits per heavy atom. The normalized spacial score (nSPS) is 10.7. The number of aromatic amines is 1. The number of aromatic nitrogens is 2. The van der Waals surface area contributed by atoms with Gasteiger partial charge in [-0.1, -0.05) is 0 Å². The molecule has 0 bridgehead atoms. The number of carbonyl (C=O) groups excluding carboxylic acids is 1. The molecule has 0 fully saturated rings. The SMILES string of the molecule is O=C(Nc1ccc2cn[nH]c2c1)c1ccc(F)c(F)c1. The van der Waals surface area contributed by atoms with Gasteiger partial charge in [-0.05, 0) is 36.4 Å². The van der Waals surface area contributed by atoms with Gasteiger partial charge in [-0.3, -0.25) is 9.89 Å². The first-order valence-corrected chi connectivity index (χ1v) is 5.83. The van der Waals surface area contributed by atoms with Gasteiger partial charge >= 0.3 is 0 Å². The van der Waals surface area contributed by atoms with Crippen LogP contribution in [0.5, 0.6) is 0 Å². The largest absolute Gasteiger partial charge is 0.322 e. The van der Waals surface area contributed by atoms with Crippen LogP contribution in [0.15, 0.2) is 42.6 Å². The summed E-state index contributed by atoms with van der Waals surface area (Å²) in [6.07, 6.45) is 1.66. The molecule has 2 aromatic carbocycles. The molecule has 0 saturated heterocycles. The van der Waals surface area contributed by atoms with E-state index in [1.807, 2.05) is 0 Å². The number of hydrogen-bond acceptors (Lipinski definition) is 2. The topological polar surface area (TPSA) is 57.8 Å². The molecule has 0 spiro atoms. The van der Waals surface area contributed by atoms with Gasteiger partial charge in [0, 0.05) is 16.6 Å². The van der Waals surface area contributed by atoms with Crippen LogP contribution in [0.2, 0.25) is 0 Å². The molecule has 0 aliphatic heterocycles. The van der Waals surface area contributed by atoms with E-state index in [4.69, 9.17) is 0 Å². The summed E-state index contributed by atoms with van der Waals surface area (Å²) < 4.78 is 25.9. The minimum atomic E-state index is -1.05. The number of nitrogens with zero attached hydrogens (tertiary/aromatic N) is 1. The van der Waals surface area contributed by atoms with E-state index in [9.17, 15) is 13.6 Å². The van der Waals surface area contributed by atoms with Crippen molar-refractivity contribution in [3.05, 3.63) is 59.8 Å². The molecule has 3 aromatic rings. The monoisotopic (exact) mass is 273 g/mol. The Morgan fingerprint density at radius 3 is 2.75 bits per heavy atom. The highest BCUT2D eigenvalue weighted by molar-refractivity contribution is 6.05. The molecule has 6 heteroatoms. The zero-order valence-electron chi connectivity index (χ0n) is 10.2. The molecule has 0 aliphatic carbocycles. The molecule has 0 unspecified atom stereocenters. The van der Waals surface area contributed by atoms with Gasteiger partial charge in [0.15, 0.2) is 11.6 Å². The highest BCUT2D eigenvalue weighted by Gasteiger charge is 2.10. The lowest BCUT2D eigenvalue weighted by Crippen LogP contribution is -2.12. The van der Waals surface area contributed by atoms with Gasteiger partial charge in [-0.25, -0.2) is 8.78 Å². The van der Waals surface area contributed by atoms with Gasteiger partial charge in [0.05, 0.1) is 11.7 Å². The fourth-order valence-corrected chi connectivity index (χ4v) is 1.86. The van der Waals surface area contributed by atoms with Crippen molar-refractivity contribution in [3.63, 3.8) is 0 Å². The molecular formula is C14H9F2N3O. The van der Waals surface area contributed by atoms with Crippen molar-refractivity contribution in [1.82, 2.24) is 10.2 Å². The van der Waals surface area contributed by atoms with Gasteiger partial charge in [0.2, 0.25) is 0 Å². The molecule has 3 rings (SSSR count). The summed E-state index contributed by atoms with van der Waals surface area (Å²) in [5, 5.41) is 10.2. The van der Waals surface area contributed by atoms with Gasteiger partial charge < -0.3 is 5.32 Å². The third kappa shape index (κ3) is 2.23. The fourth-order valence-electron chi connectivity index (χ4n) is 1.86. The number of nitrogens with one attached hydrogen (secondary N) is 2. The number of benzene rings is 2. The predicted molar refractivity (Wildman–Crippen MR) is 70.4 cm³/mol. The standard InChI is InChI=1S/C14H9F2N3O/c15-11-4-2-8(5-12(11)16)14(20)18-10-3-1-9-7-17-19-13(9)6-10/h1-7H,(H,17,19)(H,18,20). The highest BCUT2D eigenvalue weighted by atomic mass is 19.2. The Hall–Kier alpha value is -2.76. The lowest BCUT2D eigenvalue weighted by molar-refractivity contribution is 0.102. The smallest absolute Gasteiger partial charge is 0.255 e. The van der Waals surface area contributed by atoms with E-state index in [0.29, 0.717) is 5.69 Å². The maximum absolute atomic E-state index is 13.1. The quantitative estimate of drug-likeness (QED) is 0.753. The maximum atomic E-state index is 13.1. The van der Waals surface area contributed by atoms with E-state index in [1.54, 1.807) is 24.4 Å². The summed E-state index contributed by atoms with van der Waals surface area (Å²) >= 11 is 0. The van der Waals surface area contributed by atoms with Gasteiger partial charge in [-0.15, -0.1) is 0 Å². The van der Waals surface area contributed by atoms with Crippen LogP contribution < -0.4 is 5.32 Å². The van der Waals surface area contributed by atoms with E-state index >= 15 is 0 Å². The number of H-pyrrole nitrogens is 1. The van der Waals surface area contributed by atoms with Crippen molar-refractivity contribution in [2.45, 2.75) is 0 Å². The first-order chi connectivity index (χ1) is 9.63. The molecule has 1 aromatic heterocycles. The summed E-state index contributed by atoms with van der Waals surface area (Å²) in [6.45, 7) is 0. The number of fused-ring (bicyclic) bond motifs is 1. The molecule has 0 radical (unpaired) electrons. The molecular weight excluding hydrogens is 264 g/mol. The lowest BCUT2D eigenvalue weighted by atomic mass is 10.2. The van der Waals surface area contributed by atoms with Gasteiger partial charge in [0.25, 0.3) is 5.91 Å². The summed E-state index contributed by atoms with van der Waals surface area (Å²) in [7, 11) is 0. The third-order valence-electron chi connectivity index (χ3n) is 2.88. The van der Waals surface area contributed by atoms with Crippen LogP contribution in [0.1, 0.15) is 10.4 Å². The molecule has 1 heterocycles. The van der Waals surface area contributed by atoms with Crippen LogP contribution in [0.3, 0.4) is 0 Å². The van der Waals surface area contributed by atoms with Gasteiger partial charge in [-0.2, -0.15) is 5.10 Å². The molecule has 1 amide bonds. The summed E-state index contributed by atoms with van der Waals surface area (Å²) in [6, 6.07) is 8.21. The lowest BCUT2D eigenvalue weighted by Gasteiger charge is -2.05. The van der Waals surface area contributed by atoms with Crippen LogP contribution in [-0.2, 0) is 0 Å². The highest BCUT2D eigenvalue weighted by Crippen LogP contribution is 2.17. The van der Waals surface area contributed by atoms with E-state index in [-0.39, 0.29) is 5.56 Å². The molecule has 4 nitrogen and oxygen atoms in total. The van der Waals surface area contributed by atoms with Crippen LogP contribution in [0.4, 0.5) is 14.5 Å². The predicted octanol–water partition coefficient (Wildman–Crippen LogP) is 3.09. The number of amides is 1. The van der Waals surface area contributed by atoms with E-state index < -0.39 is 17.5 Å². The second kappa shape index (κ2) is 4.73. The van der Waals surface area contributed by atoms with Crippen molar-refractivity contribution in [1.29, 1.82) is 0 Å². The Balaban J connectivity index is 1.85. The van der Waals surface area contributed by atoms with Crippen molar-refractivity contribution < 1.29 is 13.6 Å². The number of anilines is 1. The average Bonchev–Trinajstić information content (AvgIpc) is 2.89. The number of carbonyl (C=O) groups is 1. The first-order valence-electron chi connectivity index (χ1n) is 5.83. The van der Waals surface area contributed by atoms with Crippen LogP contribution in [0, 0.1) is 11.6 Å². The Labute approximate surface area is 112 Å². The average molecular weight is 273 g/mol. The molecule has 0 atom stereocenters. The second-order valence-electron chi connectivity index (χ2n) is 4.26. The fraction of sp³-hybridized carbons (Fsp3) is 0. The Morgan fingerprint density at radius 2 is 1.95 bits per heavy atom. The minimum absolute atomic E-state index is 0.0496. The number of rotatable bonds is 2. The second-order valence-corrected chi connectivity index (χ2v) is 4.26.